The molecule has 1 saturated heterocycles. The van der Waals surface area contributed by atoms with Gasteiger partial charge in [0, 0.05) is 22.7 Å². The van der Waals surface area contributed by atoms with Crippen LogP contribution in [0.2, 0.25) is 0 Å². The van der Waals surface area contributed by atoms with Gasteiger partial charge < -0.3 is 18.9 Å². The van der Waals surface area contributed by atoms with Gasteiger partial charge in [-0.05, 0) is 47.9 Å². The van der Waals surface area contributed by atoms with Gasteiger partial charge >= 0.3 is 13.9 Å². The highest BCUT2D eigenvalue weighted by Gasteiger charge is 2.47. The molecule has 0 spiro atoms. The summed E-state index contributed by atoms with van der Waals surface area (Å²) < 4.78 is 118. The Hall–Kier alpha value is -5.41. The predicted molar refractivity (Wildman–Crippen MR) is 182 cm³/mol. The Labute approximate surface area is 304 Å². The average molecular weight is 774 g/mol. The Bertz CT molecular complexity index is 2200. The van der Waals surface area contributed by atoms with E-state index in [0.717, 1.165) is 4.57 Å². The van der Waals surface area contributed by atoms with Crippen molar-refractivity contribution < 1.29 is 54.5 Å². The molecule has 0 aliphatic carbocycles. The molecule has 1 aliphatic heterocycles. The lowest BCUT2D eigenvalue weighted by Gasteiger charge is -2.37. The van der Waals surface area contributed by atoms with Crippen LogP contribution in [-0.2, 0) is 24.2 Å². The number of nitrogens with one attached hydrogen (secondary N) is 1. The van der Waals surface area contributed by atoms with Gasteiger partial charge in [0.2, 0.25) is 29.1 Å². The molecule has 17 heteroatoms. The van der Waals surface area contributed by atoms with Crippen LogP contribution < -0.4 is 25.2 Å². The number of halogens is 5. The van der Waals surface area contributed by atoms with Crippen LogP contribution in [0.3, 0.4) is 0 Å². The zero-order valence-corrected chi connectivity index (χ0v) is 29.6. The highest BCUT2D eigenvalue weighted by molar-refractivity contribution is 7.33. The van der Waals surface area contributed by atoms with Gasteiger partial charge in [0.05, 0.1) is 20.8 Å². The van der Waals surface area contributed by atoms with Crippen molar-refractivity contribution >= 4 is 8.25 Å². The zero-order valence-electron chi connectivity index (χ0n) is 28.7. The van der Waals surface area contributed by atoms with E-state index in [4.69, 9.17) is 23.5 Å². The molecule has 0 bridgehead atoms. The van der Waals surface area contributed by atoms with Crippen LogP contribution in [0.5, 0.6) is 17.2 Å². The maximum Gasteiger partial charge on any atom is 0.750 e. The maximum atomic E-state index is 14.4. The highest BCUT2D eigenvalue weighted by atomic mass is 31.1. The van der Waals surface area contributed by atoms with E-state index in [2.05, 4.69) is 9.51 Å². The third-order valence-electron chi connectivity index (χ3n) is 8.83. The summed E-state index contributed by atoms with van der Waals surface area (Å²) in [4.78, 5) is 27.1. The lowest BCUT2D eigenvalue weighted by atomic mass is 9.80. The van der Waals surface area contributed by atoms with Crippen LogP contribution in [-0.4, -0.2) is 42.6 Å². The number of aryl methyl sites for hydroxylation is 1. The predicted octanol–water partition coefficient (Wildman–Crippen LogP) is 6.98. The standard InChI is InChI=1S/C37H30F5N2O9P/c1-20-18-44(36(46)43-35(20)45)28-17-26(52-54(47)53-34-32(41)30(39)29(38)31(40)33(34)42)27(51-28)19-50-37(21-7-5-4-6-8-21,22-9-13-24(48-2)14-10-22)23-11-15-25(49-3)16-12-23/h4-16,18,26-28H,17,19H2,1-3H3/p+1/t26-,27+,28+/m0/s1. The number of hydrogen-bond donors (Lipinski definition) is 1. The zero-order chi connectivity index (χ0) is 38.7. The Morgan fingerprint density at radius 2 is 1.31 bits per heavy atom. The number of aromatic nitrogens is 2. The van der Waals surface area contributed by atoms with Gasteiger partial charge in [-0.25, -0.2) is 22.5 Å². The van der Waals surface area contributed by atoms with Gasteiger partial charge in [0.15, 0.2) is 0 Å². The molecule has 6 rings (SSSR count). The molecule has 4 aromatic carbocycles. The number of rotatable bonds is 13. The molecule has 0 amide bonds. The number of ether oxygens (including phenoxy) is 4. The van der Waals surface area contributed by atoms with E-state index in [9.17, 15) is 36.1 Å². The normalized spacial score (nSPS) is 17.3. The minimum Gasteiger partial charge on any atom is -0.497 e. The summed E-state index contributed by atoms with van der Waals surface area (Å²) in [7, 11) is -0.611. The third-order valence-corrected chi connectivity index (χ3v) is 9.61. The van der Waals surface area contributed by atoms with E-state index in [0.29, 0.717) is 28.2 Å². The molecular formula is C37H31F5N2O9P+. The molecule has 1 aromatic heterocycles. The van der Waals surface area contributed by atoms with Crippen LogP contribution in [0.15, 0.2) is 94.6 Å². The lowest BCUT2D eigenvalue weighted by molar-refractivity contribution is -0.0916. The Kier molecular flexibility index (Phi) is 11.3. The second kappa shape index (κ2) is 15.9. The van der Waals surface area contributed by atoms with Gasteiger partial charge in [-0.2, -0.15) is 8.78 Å². The van der Waals surface area contributed by atoms with Gasteiger partial charge in [0.25, 0.3) is 11.3 Å². The Morgan fingerprint density at radius 1 is 0.796 bits per heavy atom. The number of hydrogen-bond acceptors (Lipinski definition) is 9. The van der Waals surface area contributed by atoms with Gasteiger partial charge in [0.1, 0.15) is 35.5 Å². The van der Waals surface area contributed by atoms with Crippen molar-refractivity contribution in [1.29, 1.82) is 0 Å². The lowest BCUT2D eigenvalue weighted by Crippen LogP contribution is -2.38. The van der Waals surface area contributed by atoms with E-state index in [-0.39, 0.29) is 18.6 Å². The summed E-state index contributed by atoms with van der Waals surface area (Å²) in [6.45, 7) is 1.07. The van der Waals surface area contributed by atoms with E-state index in [1.165, 1.54) is 27.3 Å². The number of aromatic amines is 1. The first kappa shape index (κ1) is 38.3. The summed E-state index contributed by atoms with van der Waals surface area (Å²) in [5.74, 6) is -12.5. The minimum absolute atomic E-state index is 0.151. The summed E-state index contributed by atoms with van der Waals surface area (Å²) >= 11 is 0. The second-order valence-electron chi connectivity index (χ2n) is 12.0. The largest absolute Gasteiger partial charge is 0.750 e. The third kappa shape index (κ3) is 7.37. The molecule has 1 fully saturated rings. The van der Waals surface area contributed by atoms with Gasteiger partial charge in [-0.3, -0.25) is 14.3 Å². The van der Waals surface area contributed by atoms with Crippen molar-refractivity contribution in [3.63, 3.8) is 0 Å². The van der Waals surface area contributed by atoms with Crippen LogP contribution >= 0.6 is 8.25 Å². The average Bonchev–Trinajstić information content (AvgIpc) is 3.59. The molecule has 54 heavy (non-hydrogen) atoms. The molecule has 1 N–H and O–H groups in total. The number of nitrogens with zero attached hydrogens (tertiary/aromatic N) is 1. The first-order valence-electron chi connectivity index (χ1n) is 16.2. The van der Waals surface area contributed by atoms with Gasteiger partial charge in [-0.15, -0.1) is 4.52 Å². The van der Waals surface area contributed by atoms with Crippen LogP contribution in [0, 0.1) is 36.0 Å². The molecule has 282 valence electrons. The minimum atomic E-state index is -3.64. The Morgan fingerprint density at radius 3 is 1.85 bits per heavy atom. The van der Waals surface area contributed by atoms with Crippen molar-refractivity contribution in [3.8, 4) is 17.2 Å². The van der Waals surface area contributed by atoms with E-state index in [1.54, 1.807) is 60.7 Å². The summed E-state index contributed by atoms with van der Waals surface area (Å²) in [6.07, 6.45) is -2.80. The maximum absolute atomic E-state index is 14.4. The molecular weight excluding hydrogens is 742 g/mol. The van der Waals surface area contributed by atoms with Crippen molar-refractivity contribution in [2.75, 3.05) is 20.8 Å². The second-order valence-corrected chi connectivity index (χ2v) is 12.9. The molecule has 0 saturated carbocycles. The number of benzene rings is 4. The molecule has 1 aliphatic rings. The Balaban J connectivity index is 1.40. The summed E-state index contributed by atoms with van der Waals surface area (Å²) in [5.41, 5.74) is -0.842. The SMILES string of the molecule is COc1ccc(C(OC[C@H]2O[C@@H](n3cc(C)c(=O)[nH]c3=O)C[C@@H]2O[P+](=O)Oc2c(F)c(F)c(F)c(F)c2F)(c2ccccc2)c2ccc(OC)cc2)cc1. The van der Waals surface area contributed by atoms with Gasteiger partial charge in [-0.1, -0.05) is 54.6 Å². The van der Waals surface area contributed by atoms with Crippen LogP contribution in [0.1, 0.15) is 34.9 Å². The number of H-pyrrole nitrogens is 1. The van der Waals surface area contributed by atoms with Crippen LogP contribution in [0.4, 0.5) is 22.0 Å². The van der Waals surface area contributed by atoms with E-state index >= 15 is 0 Å². The number of methoxy groups -OCH3 is 2. The first-order valence-corrected chi connectivity index (χ1v) is 17.3. The first-order chi connectivity index (χ1) is 25.9. The topological polar surface area (TPSA) is 127 Å². The summed E-state index contributed by atoms with van der Waals surface area (Å²) in [6, 6.07) is 23.2. The molecule has 1 unspecified atom stereocenters. The monoisotopic (exact) mass is 773 g/mol. The van der Waals surface area contributed by atoms with Crippen molar-refractivity contribution in [3.05, 3.63) is 157 Å². The molecule has 11 nitrogen and oxygen atoms in total. The van der Waals surface area contributed by atoms with Crippen molar-refractivity contribution in [2.45, 2.75) is 37.4 Å². The van der Waals surface area contributed by atoms with Crippen molar-refractivity contribution in [2.24, 2.45) is 0 Å². The van der Waals surface area contributed by atoms with Crippen LogP contribution in [0.25, 0.3) is 0 Å². The fourth-order valence-corrected chi connectivity index (χ4v) is 6.88. The molecule has 5 aromatic rings. The summed E-state index contributed by atoms with van der Waals surface area (Å²) in [5, 5.41) is 0. The molecule has 4 atom stereocenters. The van der Waals surface area contributed by atoms with E-state index < -0.39 is 78.4 Å². The molecule has 2 heterocycles. The van der Waals surface area contributed by atoms with E-state index in [1.807, 2.05) is 18.2 Å². The van der Waals surface area contributed by atoms with Crippen molar-refractivity contribution in [1.82, 2.24) is 9.55 Å². The smallest absolute Gasteiger partial charge is 0.497 e. The fourth-order valence-electron chi connectivity index (χ4n) is 6.09. The fraction of sp³-hybridized carbons (Fsp3) is 0.243. The highest BCUT2D eigenvalue weighted by Crippen LogP contribution is 2.45. The quantitative estimate of drug-likeness (QED) is 0.0444. The molecule has 0 radical (unpaired) electrons.